The number of hydrogen-bond donors (Lipinski definition) is 0. The standard InChI is InChI=1S/C4H8.2C2H6/c1-3-4-2;2*1-2/h3H,1,4H2,2H3;2*1-2H3. The maximum atomic E-state index is 3.48. The second-order valence-corrected chi connectivity index (χ2v) is 0.697. The van der Waals surface area contributed by atoms with E-state index in [0.717, 1.165) is 6.42 Å². The van der Waals surface area contributed by atoms with E-state index in [9.17, 15) is 0 Å². The van der Waals surface area contributed by atoms with Crippen LogP contribution >= 0.6 is 0 Å². The predicted octanol–water partition coefficient (Wildman–Crippen LogP) is 3.63. The molecule has 0 heterocycles. The molecule has 0 amide bonds. The van der Waals surface area contributed by atoms with Crippen molar-refractivity contribution in [1.29, 1.82) is 0 Å². The van der Waals surface area contributed by atoms with Crippen molar-refractivity contribution < 1.29 is 0 Å². The molecule has 52 valence electrons. The van der Waals surface area contributed by atoms with Crippen LogP contribution in [0.3, 0.4) is 0 Å². The summed E-state index contributed by atoms with van der Waals surface area (Å²) in [6.07, 6.45) is 2.96. The average Bonchev–Trinajstić information content (AvgIpc) is 1.96. The molecule has 0 N–H and O–H groups in total. The molecule has 0 bridgehead atoms. The summed E-state index contributed by atoms with van der Waals surface area (Å²) in [6.45, 7) is 13.5. The Balaban J connectivity index is -0.0000000542. The summed E-state index contributed by atoms with van der Waals surface area (Å²) < 4.78 is 0. The minimum absolute atomic E-state index is 1.08. The van der Waals surface area contributed by atoms with Crippen molar-refractivity contribution in [1.82, 2.24) is 0 Å². The van der Waals surface area contributed by atoms with Gasteiger partial charge in [-0.1, -0.05) is 40.7 Å². The molecule has 0 fully saturated rings. The summed E-state index contributed by atoms with van der Waals surface area (Å²) in [5.74, 6) is 0. The molecule has 0 aromatic rings. The molecule has 0 nitrogen and oxygen atoms in total. The maximum absolute atomic E-state index is 3.48. The summed E-state index contributed by atoms with van der Waals surface area (Å²) in [7, 11) is 0. The molecule has 0 radical (unpaired) electrons. The van der Waals surface area contributed by atoms with Gasteiger partial charge < -0.3 is 0 Å². The first-order valence-corrected chi connectivity index (χ1v) is 3.52. The van der Waals surface area contributed by atoms with Crippen LogP contribution in [-0.4, -0.2) is 0 Å². The highest BCUT2D eigenvalue weighted by Gasteiger charge is 1.45. The van der Waals surface area contributed by atoms with Gasteiger partial charge in [-0.05, 0) is 6.42 Å². The molecule has 0 saturated carbocycles. The van der Waals surface area contributed by atoms with E-state index in [1.165, 1.54) is 0 Å². The first kappa shape index (κ1) is 15.6. The van der Waals surface area contributed by atoms with Crippen LogP contribution in [0.1, 0.15) is 41.0 Å². The lowest BCUT2D eigenvalue weighted by molar-refractivity contribution is 1.23. The largest absolute Gasteiger partial charge is 0.103 e. The van der Waals surface area contributed by atoms with Crippen LogP contribution in [0.5, 0.6) is 0 Å². The minimum atomic E-state index is 1.08. The van der Waals surface area contributed by atoms with Crippen LogP contribution in [0.15, 0.2) is 12.7 Å². The summed E-state index contributed by atoms with van der Waals surface area (Å²) in [5, 5.41) is 0. The molecule has 0 saturated heterocycles. The van der Waals surface area contributed by atoms with E-state index in [4.69, 9.17) is 0 Å². The van der Waals surface area contributed by atoms with Gasteiger partial charge in [0, 0.05) is 0 Å². The first-order chi connectivity index (χ1) is 3.91. The molecule has 0 rings (SSSR count). The van der Waals surface area contributed by atoms with E-state index in [0.29, 0.717) is 0 Å². The molecule has 0 spiro atoms. The molecule has 0 aromatic heterocycles. The Bertz CT molecular complexity index is 14.0. The van der Waals surface area contributed by atoms with Crippen molar-refractivity contribution in [2.24, 2.45) is 0 Å². The fourth-order valence-corrected chi connectivity index (χ4v) is 0. The fourth-order valence-electron chi connectivity index (χ4n) is 0. The Hall–Kier alpha value is -0.260. The van der Waals surface area contributed by atoms with Crippen molar-refractivity contribution in [3.05, 3.63) is 12.7 Å². The lowest BCUT2D eigenvalue weighted by Gasteiger charge is -1.57. The van der Waals surface area contributed by atoms with E-state index >= 15 is 0 Å². The zero-order valence-corrected chi connectivity index (χ0v) is 6.99. The highest BCUT2D eigenvalue weighted by molar-refractivity contribution is 4.60. The maximum Gasteiger partial charge on any atom is -0.0382 e. The minimum Gasteiger partial charge on any atom is -0.103 e. The summed E-state index contributed by atoms with van der Waals surface area (Å²) >= 11 is 0. The van der Waals surface area contributed by atoms with E-state index in [1.54, 1.807) is 0 Å². The third kappa shape index (κ3) is 236. The SMILES string of the molecule is C=CCC.CC.CC. The molecule has 0 unspecified atom stereocenters. The van der Waals surface area contributed by atoms with Crippen molar-refractivity contribution >= 4 is 0 Å². The van der Waals surface area contributed by atoms with Gasteiger partial charge in [-0.2, -0.15) is 0 Å². The third-order valence-corrected chi connectivity index (χ3v) is 0.289. The molecule has 0 aliphatic carbocycles. The lowest BCUT2D eigenvalue weighted by atomic mass is 10.5. The van der Waals surface area contributed by atoms with Crippen LogP contribution in [0.4, 0.5) is 0 Å². The topological polar surface area (TPSA) is 0 Å². The quantitative estimate of drug-likeness (QED) is 0.459. The molecule has 0 atom stereocenters. The molecule has 0 aliphatic rings. The van der Waals surface area contributed by atoms with Gasteiger partial charge in [0.2, 0.25) is 0 Å². The summed E-state index contributed by atoms with van der Waals surface area (Å²) in [4.78, 5) is 0. The second kappa shape index (κ2) is 73.3. The molecule has 0 heteroatoms. The van der Waals surface area contributed by atoms with Crippen molar-refractivity contribution in [2.45, 2.75) is 41.0 Å². The molecule has 0 aliphatic heterocycles. The van der Waals surface area contributed by atoms with Crippen LogP contribution in [0.25, 0.3) is 0 Å². The Morgan fingerprint density at radius 2 is 1.25 bits per heavy atom. The highest BCUT2D eigenvalue weighted by atomic mass is 13.5. The Labute approximate surface area is 54.6 Å². The van der Waals surface area contributed by atoms with Gasteiger partial charge in [-0.15, -0.1) is 6.58 Å². The smallest absolute Gasteiger partial charge is 0.0382 e. The third-order valence-electron chi connectivity index (χ3n) is 0.289. The van der Waals surface area contributed by atoms with Gasteiger partial charge in [0.25, 0.3) is 0 Å². The van der Waals surface area contributed by atoms with Gasteiger partial charge in [-0.25, -0.2) is 0 Å². The number of rotatable bonds is 1. The Morgan fingerprint density at radius 3 is 1.25 bits per heavy atom. The average molecular weight is 116 g/mol. The van der Waals surface area contributed by atoms with Crippen molar-refractivity contribution in [2.75, 3.05) is 0 Å². The van der Waals surface area contributed by atoms with Gasteiger partial charge in [0.05, 0.1) is 0 Å². The van der Waals surface area contributed by atoms with Gasteiger partial charge in [-0.3, -0.25) is 0 Å². The fraction of sp³-hybridized carbons (Fsp3) is 0.750. The van der Waals surface area contributed by atoms with Crippen molar-refractivity contribution in [3.63, 3.8) is 0 Å². The second-order valence-electron chi connectivity index (χ2n) is 0.697. The van der Waals surface area contributed by atoms with Crippen LogP contribution in [-0.2, 0) is 0 Å². The highest BCUT2D eigenvalue weighted by Crippen LogP contribution is 1.66. The van der Waals surface area contributed by atoms with Gasteiger partial charge in [0.1, 0.15) is 0 Å². The lowest BCUT2D eigenvalue weighted by Crippen LogP contribution is -1.36. The van der Waals surface area contributed by atoms with Gasteiger partial charge in [0.15, 0.2) is 0 Å². The number of allylic oxidation sites excluding steroid dienone is 1. The summed E-state index contributed by atoms with van der Waals surface area (Å²) in [6, 6.07) is 0. The number of hydrogen-bond acceptors (Lipinski definition) is 0. The van der Waals surface area contributed by atoms with Crippen molar-refractivity contribution in [3.8, 4) is 0 Å². The van der Waals surface area contributed by atoms with E-state index in [-0.39, 0.29) is 0 Å². The predicted molar refractivity (Wildman–Crippen MR) is 43.2 cm³/mol. The van der Waals surface area contributed by atoms with E-state index < -0.39 is 0 Å². The van der Waals surface area contributed by atoms with E-state index in [2.05, 4.69) is 13.5 Å². The Morgan fingerprint density at radius 1 is 1.12 bits per heavy atom. The Kier molecular flexibility index (Phi) is 143. The molecule has 0 aromatic carbocycles. The zero-order valence-electron chi connectivity index (χ0n) is 6.99. The van der Waals surface area contributed by atoms with Crippen LogP contribution in [0.2, 0.25) is 0 Å². The zero-order chi connectivity index (χ0) is 7.41. The van der Waals surface area contributed by atoms with Crippen LogP contribution < -0.4 is 0 Å². The van der Waals surface area contributed by atoms with Gasteiger partial charge >= 0.3 is 0 Å². The molecular weight excluding hydrogens is 96.1 g/mol. The monoisotopic (exact) mass is 116 g/mol. The van der Waals surface area contributed by atoms with Crippen LogP contribution in [0, 0.1) is 0 Å². The molecular formula is C8H20. The normalized spacial score (nSPS) is 4.62. The van der Waals surface area contributed by atoms with E-state index in [1.807, 2.05) is 33.8 Å². The summed E-state index contributed by atoms with van der Waals surface area (Å²) in [5.41, 5.74) is 0. The first-order valence-electron chi connectivity index (χ1n) is 3.52. The molecule has 8 heavy (non-hydrogen) atoms.